The predicted octanol–water partition coefficient (Wildman–Crippen LogP) is 5.28. The number of ether oxygens (including phenoxy) is 6. The molecule has 5 rings (SSSR count). The van der Waals surface area contributed by atoms with Gasteiger partial charge in [-0.2, -0.15) is 0 Å². The summed E-state index contributed by atoms with van der Waals surface area (Å²) in [5, 5.41) is 14.3. The van der Waals surface area contributed by atoms with E-state index in [0.29, 0.717) is 11.9 Å². The molecule has 4 heterocycles. The smallest absolute Gasteiger partial charge is 0.458 e. The van der Waals surface area contributed by atoms with Crippen molar-refractivity contribution in [3.63, 3.8) is 0 Å². The molecule has 3 fully saturated rings. The van der Waals surface area contributed by atoms with Crippen LogP contribution in [0, 0.1) is 23.7 Å². The highest BCUT2D eigenvalue weighted by Gasteiger charge is 2.57. The zero-order chi connectivity index (χ0) is 42.7. The Labute approximate surface area is 346 Å². The summed E-state index contributed by atoms with van der Waals surface area (Å²) in [7, 11) is 3.63. The van der Waals surface area contributed by atoms with Crippen molar-refractivity contribution in [1.29, 1.82) is 0 Å². The molecule has 0 radical (unpaired) electrons. The van der Waals surface area contributed by atoms with Gasteiger partial charge in [0.25, 0.3) is 0 Å². The number of aromatic nitrogens is 2. The standard InChI is InChI=1S/C42H58N4O12.CH4/c1-11-31-42(8)35(45-39(51)57-42)24(4)32(47)22(2)21-41(7,58-40(52)53-18-12-13-27-14-15-28-29(20-27)44-17-16-43-28)36(25(5)33(48)26(6)37(50)55-31)56-38-34(49)30(46(9)10)19-23(3)54-38;/h12-17,20,22-26,30-31,34-36,38,49H,11,18-19,21H2,1-10H3,(H,45,51);1H4/b13-12+;/t22-,23-,24+,25+,26-,30+,31-,34-,35-,36-,38+,41-,42-;/m1./s1. The van der Waals surface area contributed by atoms with Gasteiger partial charge in [-0.25, -0.2) is 9.59 Å². The van der Waals surface area contributed by atoms with Crippen LogP contribution in [-0.2, 0) is 42.8 Å². The van der Waals surface area contributed by atoms with Crippen molar-refractivity contribution in [1.82, 2.24) is 20.2 Å². The number of fused-ring (bicyclic) bond motifs is 2. The first-order valence-corrected chi connectivity index (χ1v) is 20.0. The number of carbonyl (C=O) groups excluding carboxylic acids is 5. The molecule has 1 aromatic carbocycles. The average Bonchev–Trinajstić information content (AvgIpc) is 3.50. The number of nitrogens with one attached hydrogen (secondary N) is 1. The minimum atomic E-state index is -1.81. The number of ketones is 2. The van der Waals surface area contributed by atoms with Gasteiger partial charge < -0.3 is 43.7 Å². The van der Waals surface area contributed by atoms with Gasteiger partial charge in [0.05, 0.1) is 23.2 Å². The number of alkyl carbamates (subject to hydrolysis) is 1. The molecule has 0 bridgehead atoms. The Morgan fingerprint density at radius 2 is 1.69 bits per heavy atom. The lowest BCUT2D eigenvalue weighted by atomic mass is 9.73. The zero-order valence-electron chi connectivity index (χ0n) is 35.0. The Bertz CT molecular complexity index is 1870. The summed E-state index contributed by atoms with van der Waals surface area (Å²) in [6.07, 6.45) is -0.0877. The highest BCUT2D eigenvalue weighted by atomic mass is 16.8. The van der Waals surface area contributed by atoms with Crippen LogP contribution in [0.5, 0.6) is 0 Å². The molecule has 1 amide bonds. The molecule has 3 aliphatic rings. The highest BCUT2D eigenvalue weighted by molar-refractivity contribution is 6.00. The van der Waals surface area contributed by atoms with Crippen molar-refractivity contribution in [2.24, 2.45) is 23.7 Å². The summed E-state index contributed by atoms with van der Waals surface area (Å²) in [4.78, 5) is 79.4. The lowest BCUT2D eigenvalue weighted by Crippen LogP contribution is -2.60. The van der Waals surface area contributed by atoms with Gasteiger partial charge in [0.15, 0.2) is 17.7 Å². The average molecular weight is 827 g/mol. The van der Waals surface area contributed by atoms with Crippen LogP contribution in [0.2, 0.25) is 0 Å². The van der Waals surface area contributed by atoms with Crippen molar-refractivity contribution in [2.75, 3.05) is 20.7 Å². The number of hydrogen-bond donors (Lipinski definition) is 2. The fourth-order valence-corrected chi connectivity index (χ4v) is 8.69. The number of Topliss-reactive ketones (excluding diaryl/α,β-unsaturated/α-hetero) is 2. The number of esters is 1. The molecule has 0 saturated carbocycles. The number of amides is 1. The molecule has 0 unspecified atom stereocenters. The van der Waals surface area contributed by atoms with Crippen molar-refractivity contribution in [2.45, 2.75) is 136 Å². The van der Waals surface area contributed by atoms with Gasteiger partial charge in [0.2, 0.25) is 0 Å². The molecule has 16 heteroatoms. The number of aliphatic hydroxyl groups excluding tert-OH is 1. The Kier molecular flexibility index (Phi) is 15.4. The molecule has 16 nitrogen and oxygen atoms in total. The quantitative estimate of drug-likeness (QED) is 0.198. The van der Waals surface area contributed by atoms with Gasteiger partial charge in [-0.3, -0.25) is 24.4 Å². The van der Waals surface area contributed by atoms with E-state index in [1.165, 1.54) is 20.8 Å². The molecule has 13 atom stereocenters. The number of likely N-dealkylation sites (N-methyl/N-ethyl adjacent to an activating group) is 1. The van der Waals surface area contributed by atoms with Crippen molar-refractivity contribution in [3.05, 3.63) is 42.2 Å². The van der Waals surface area contributed by atoms with E-state index in [-0.39, 0.29) is 38.8 Å². The molecule has 2 aromatic rings. The first-order chi connectivity index (χ1) is 27.3. The Morgan fingerprint density at radius 1 is 1.02 bits per heavy atom. The predicted molar refractivity (Wildman–Crippen MR) is 217 cm³/mol. The largest absolute Gasteiger partial charge is 0.509 e. The lowest BCUT2D eigenvalue weighted by molar-refractivity contribution is -0.293. The van der Waals surface area contributed by atoms with Gasteiger partial charge >= 0.3 is 18.2 Å². The third kappa shape index (κ3) is 10.3. The fraction of sp³-hybridized carbons (Fsp3) is 0.651. The minimum Gasteiger partial charge on any atom is -0.458 e. The molecular weight excluding hydrogens is 764 g/mol. The first-order valence-electron chi connectivity index (χ1n) is 20.0. The number of nitrogens with zero attached hydrogens (tertiary/aromatic N) is 3. The van der Waals surface area contributed by atoms with E-state index < -0.39 is 95.6 Å². The maximum atomic E-state index is 14.4. The summed E-state index contributed by atoms with van der Waals surface area (Å²) < 4.78 is 36.0. The van der Waals surface area contributed by atoms with Crippen LogP contribution in [0.1, 0.15) is 87.6 Å². The van der Waals surface area contributed by atoms with E-state index in [1.54, 1.807) is 52.2 Å². The summed E-state index contributed by atoms with van der Waals surface area (Å²) in [5.74, 6) is -6.11. The fourth-order valence-electron chi connectivity index (χ4n) is 8.69. The summed E-state index contributed by atoms with van der Waals surface area (Å²) in [6.45, 7) is 12.7. The second kappa shape index (κ2) is 19.3. The zero-order valence-corrected chi connectivity index (χ0v) is 35.0. The summed E-state index contributed by atoms with van der Waals surface area (Å²) in [6, 6.07) is 4.19. The molecule has 1 aromatic heterocycles. The topological polar surface area (TPSA) is 202 Å². The minimum absolute atomic E-state index is 0. The molecule has 3 saturated heterocycles. The number of benzene rings is 1. The number of cyclic esters (lactones) is 1. The molecule has 2 N–H and O–H groups in total. The molecule has 59 heavy (non-hydrogen) atoms. The van der Waals surface area contributed by atoms with Crippen molar-refractivity contribution >= 4 is 46.9 Å². The van der Waals surface area contributed by atoms with E-state index in [0.717, 1.165) is 11.1 Å². The number of aliphatic hydroxyl groups is 1. The SMILES string of the molecule is C.CC[C@H]1OC(=O)[C@H](C)C(=O)[C@H](C)[C@@H](O[C@@H]2O[C@H](C)C[C@H](N(C)C)[C@H]2O)[C@](C)(OC(=O)OC/C=C/c2ccc3nccnc3c2)C[C@@H](C)C(=O)[C@H](C)[C@H]2NC(=O)O[C@@]21C. The van der Waals surface area contributed by atoms with Crippen LogP contribution in [0.25, 0.3) is 17.1 Å². The van der Waals surface area contributed by atoms with E-state index in [4.69, 9.17) is 28.4 Å². The normalized spacial score (nSPS) is 35.9. The second-order valence-electron chi connectivity index (χ2n) is 16.5. The van der Waals surface area contributed by atoms with Crippen LogP contribution < -0.4 is 5.32 Å². The molecular formula is C43H62N4O12. The Hall–Kier alpha value is -4.51. The van der Waals surface area contributed by atoms with Gasteiger partial charge in [-0.05, 0) is 84.8 Å². The van der Waals surface area contributed by atoms with Crippen molar-refractivity contribution < 1.29 is 57.5 Å². The van der Waals surface area contributed by atoms with Gasteiger partial charge in [0.1, 0.15) is 42.2 Å². The molecule has 3 aliphatic heterocycles. The van der Waals surface area contributed by atoms with Gasteiger partial charge in [-0.1, -0.05) is 47.3 Å². The van der Waals surface area contributed by atoms with Crippen LogP contribution in [0.4, 0.5) is 9.59 Å². The summed E-state index contributed by atoms with van der Waals surface area (Å²) in [5.41, 5.74) is -1.05. The molecule has 0 aliphatic carbocycles. The monoisotopic (exact) mass is 826 g/mol. The molecule has 326 valence electrons. The van der Waals surface area contributed by atoms with Crippen molar-refractivity contribution in [3.8, 4) is 0 Å². The second-order valence-corrected chi connectivity index (χ2v) is 16.5. The van der Waals surface area contributed by atoms with E-state index in [1.807, 2.05) is 44.1 Å². The van der Waals surface area contributed by atoms with Crippen LogP contribution >= 0.6 is 0 Å². The van der Waals surface area contributed by atoms with Crippen LogP contribution in [0.15, 0.2) is 36.7 Å². The third-order valence-corrected chi connectivity index (χ3v) is 11.9. The lowest BCUT2D eigenvalue weighted by Gasteiger charge is -2.46. The number of hydrogen-bond acceptors (Lipinski definition) is 15. The maximum absolute atomic E-state index is 14.4. The van der Waals surface area contributed by atoms with E-state index >= 15 is 0 Å². The number of rotatable bonds is 8. The Morgan fingerprint density at radius 3 is 2.36 bits per heavy atom. The first kappa shape index (κ1) is 47.2. The van der Waals surface area contributed by atoms with E-state index in [9.17, 15) is 29.1 Å². The van der Waals surface area contributed by atoms with Crippen LogP contribution in [-0.4, -0.2) is 124 Å². The van der Waals surface area contributed by atoms with Gasteiger partial charge in [-0.15, -0.1) is 0 Å². The number of carbonyl (C=O) groups is 5. The van der Waals surface area contributed by atoms with E-state index in [2.05, 4.69) is 15.3 Å². The maximum Gasteiger partial charge on any atom is 0.509 e. The third-order valence-electron chi connectivity index (χ3n) is 11.9. The molecule has 0 spiro atoms. The van der Waals surface area contributed by atoms with Crippen LogP contribution in [0.3, 0.4) is 0 Å². The highest BCUT2D eigenvalue weighted by Crippen LogP contribution is 2.40. The Balaban J connectivity index is 0.00000769. The van der Waals surface area contributed by atoms with Gasteiger partial charge in [0, 0.05) is 36.2 Å². The summed E-state index contributed by atoms with van der Waals surface area (Å²) >= 11 is 0.